The van der Waals surface area contributed by atoms with E-state index in [1.807, 2.05) is 19.0 Å². The maximum Gasteiger partial charge on any atom is 0.310 e. The molecule has 0 bridgehead atoms. The van der Waals surface area contributed by atoms with E-state index in [2.05, 4.69) is 9.46 Å². The van der Waals surface area contributed by atoms with Gasteiger partial charge in [-0.25, -0.2) is 13.1 Å². The largest absolute Gasteiger partial charge is 0.469 e. The smallest absolute Gasteiger partial charge is 0.310 e. The monoisotopic (exact) mass is 278 g/mol. The van der Waals surface area contributed by atoms with Gasteiger partial charge in [0.1, 0.15) is 0 Å². The van der Waals surface area contributed by atoms with Crippen molar-refractivity contribution in [3.63, 3.8) is 0 Å². The normalized spacial score (nSPS) is 24.4. The molecule has 0 radical (unpaired) electrons. The summed E-state index contributed by atoms with van der Waals surface area (Å²) in [5, 5.41) is -0.646. The highest BCUT2D eigenvalue weighted by Crippen LogP contribution is 2.31. The summed E-state index contributed by atoms with van der Waals surface area (Å²) in [5.41, 5.74) is 0. The summed E-state index contributed by atoms with van der Waals surface area (Å²) in [5.74, 6) is -0.942. The summed E-state index contributed by atoms with van der Waals surface area (Å²) in [6.45, 7) is 0.995. The van der Waals surface area contributed by atoms with Gasteiger partial charge in [0.15, 0.2) is 0 Å². The minimum Gasteiger partial charge on any atom is -0.469 e. The highest BCUT2D eigenvalue weighted by molar-refractivity contribution is 7.90. The number of nitrogens with one attached hydrogen (secondary N) is 1. The van der Waals surface area contributed by atoms with Crippen molar-refractivity contribution in [2.75, 3.05) is 34.3 Å². The van der Waals surface area contributed by atoms with E-state index in [1.165, 1.54) is 7.11 Å². The third kappa shape index (κ3) is 3.93. The van der Waals surface area contributed by atoms with Gasteiger partial charge >= 0.3 is 5.97 Å². The molecule has 0 aromatic carbocycles. The Morgan fingerprint density at radius 1 is 1.39 bits per heavy atom. The minimum atomic E-state index is -3.44. The van der Waals surface area contributed by atoms with Gasteiger partial charge in [-0.3, -0.25) is 4.79 Å². The van der Waals surface area contributed by atoms with Crippen LogP contribution in [0.5, 0.6) is 0 Å². The second kappa shape index (κ2) is 6.49. The lowest BCUT2D eigenvalue weighted by atomic mass is 10.1. The molecule has 7 heteroatoms. The number of carbonyl (C=O) groups is 1. The van der Waals surface area contributed by atoms with Gasteiger partial charge in [-0.1, -0.05) is 6.42 Å². The molecule has 1 saturated carbocycles. The van der Waals surface area contributed by atoms with Gasteiger partial charge in [-0.2, -0.15) is 0 Å². The zero-order valence-electron chi connectivity index (χ0n) is 11.2. The lowest BCUT2D eigenvalue weighted by Gasteiger charge is -2.19. The first kappa shape index (κ1) is 15.4. The number of hydrogen-bond acceptors (Lipinski definition) is 5. The van der Waals surface area contributed by atoms with Crippen LogP contribution >= 0.6 is 0 Å². The van der Waals surface area contributed by atoms with E-state index in [0.29, 0.717) is 25.9 Å². The van der Waals surface area contributed by atoms with Crippen molar-refractivity contribution in [1.29, 1.82) is 0 Å². The molecular formula is C11H22N2O4S. The van der Waals surface area contributed by atoms with Crippen molar-refractivity contribution < 1.29 is 17.9 Å². The molecule has 1 aliphatic rings. The fourth-order valence-electron chi connectivity index (χ4n) is 2.24. The SMILES string of the molecule is COC(=O)C1CCCC1S(=O)(=O)NCCN(C)C. The molecule has 0 heterocycles. The number of esters is 1. The summed E-state index contributed by atoms with van der Waals surface area (Å²) in [4.78, 5) is 13.4. The lowest BCUT2D eigenvalue weighted by molar-refractivity contribution is -0.145. The summed E-state index contributed by atoms with van der Waals surface area (Å²) < 4.78 is 31.4. The molecule has 0 aromatic rings. The van der Waals surface area contributed by atoms with Crippen LogP contribution in [-0.2, 0) is 19.6 Å². The van der Waals surface area contributed by atoms with Crippen LogP contribution in [0.1, 0.15) is 19.3 Å². The Labute approximate surface area is 109 Å². The van der Waals surface area contributed by atoms with Crippen LogP contribution in [0, 0.1) is 5.92 Å². The van der Waals surface area contributed by atoms with E-state index in [-0.39, 0.29) is 0 Å². The highest BCUT2D eigenvalue weighted by Gasteiger charge is 2.41. The maximum atomic E-state index is 12.1. The molecule has 1 rings (SSSR count). The van der Waals surface area contributed by atoms with Gasteiger partial charge in [0.25, 0.3) is 0 Å². The predicted octanol–water partition coefficient (Wildman–Crippen LogP) is -0.191. The molecule has 0 amide bonds. The van der Waals surface area contributed by atoms with E-state index in [1.54, 1.807) is 0 Å². The molecular weight excluding hydrogens is 256 g/mol. The zero-order chi connectivity index (χ0) is 13.8. The third-order valence-electron chi connectivity index (χ3n) is 3.22. The molecule has 0 spiro atoms. The summed E-state index contributed by atoms with van der Waals surface area (Å²) in [6, 6.07) is 0. The Morgan fingerprint density at radius 2 is 2.06 bits per heavy atom. The van der Waals surface area contributed by atoms with Crippen molar-refractivity contribution in [1.82, 2.24) is 9.62 Å². The van der Waals surface area contributed by atoms with Crippen LogP contribution in [0.2, 0.25) is 0 Å². The second-order valence-electron chi connectivity index (χ2n) is 4.84. The van der Waals surface area contributed by atoms with Crippen molar-refractivity contribution >= 4 is 16.0 Å². The Bertz CT molecular complexity index is 381. The molecule has 1 fully saturated rings. The average molecular weight is 278 g/mol. The number of rotatable bonds is 6. The number of hydrogen-bond donors (Lipinski definition) is 1. The standard InChI is InChI=1S/C11H22N2O4S/c1-13(2)8-7-12-18(15,16)10-6-4-5-9(10)11(14)17-3/h9-10,12H,4-8H2,1-3H3. The molecule has 106 valence electrons. The Balaban J connectivity index is 2.63. The first-order valence-corrected chi connectivity index (χ1v) is 7.64. The van der Waals surface area contributed by atoms with Crippen molar-refractivity contribution in [3.8, 4) is 0 Å². The first-order valence-electron chi connectivity index (χ1n) is 6.09. The van der Waals surface area contributed by atoms with E-state index in [0.717, 1.165) is 6.42 Å². The van der Waals surface area contributed by atoms with Gasteiger partial charge in [-0.05, 0) is 26.9 Å². The first-order chi connectivity index (χ1) is 8.38. The molecule has 0 aromatic heterocycles. The third-order valence-corrected chi connectivity index (χ3v) is 5.19. The number of likely N-dealkylation sites (N-methyl/N-ethyl adjacent to an activating group) is 1. The fraction of sp³-hybridized carbons (Fsp3) is 0.909. The van der Waals surface area contributed by atoms with Crippen LogP contribution in [0.3, 0.4) is 0 Å². The van der Waals surface area contributed by atoms with E-state index in [4.69, 9.17) is 0 Å². The van der Waals surface area contributed by atoms with Crippen LogP contribution in [0.4, 0.5) is 0 Å². The summed E-state index contributed by atoms with van der Waals surface area (Å²) >= 11 is 0. The van der Waals surface area contributed by atoms with Crippen LogP contribution in [0.15, 0.2) is 0 Å². The van der Waals surface area contributed by atoms with Crippen LogP contribution in [-0.4, -0.2) is 58.8 Å². The Hall–Kier alpha value is -0.660. The Kier molecular flexibility index (Phi) is 5.55. The quantitative estimate of drug-likeness (QED) is 0.682. The van der Waals surface area contributed by atoms with Gasteiger partial charge in [0, 0.05) is 13.1 Å². The van der Waals surface area contributed by atoms with Gasteiger partial charge in [-0.15, -0.1) is 0 Å². The van der Waals surface area contributed by atoms with Crippen molar-refractivity contribution in [2.24, 2.45) is 5.92 Å². The van der Waals surface area contributed by atoms with Gasteiger partial charge in [0.05, 0.1) is 18.3 Å². The molecule has 0 saturated heterocycles. The maximum absolute atomic E-state index is 12.1. The molecule has 0 aliphatic heterocycles. The molecule has 1 N–H and O–H groups in total. The van der Waals surface area contributed by atoms with Crippen molar-refractivity contribution in [2.45, 2.75) is 24.5 Å². The van der Waals surface area contributed by atoms with Crippen LogP contribution < -0.4 is 4.72 Å². The number of methoxy groups -OCH3 is 1. The zero-order valence-corrected chi connectivity index (χ0v) is 12.0. The highest BCUT2D eigenvalue weighted by atomic mass is 32.2. The van der Waals surface area contributed by atoms with Gasteiger partial charge in [0.2, 0.25) is 10.0 Å². The lowest BCUT2D eigenvalue weighted by Crippen LogP contribution is -2.41. The number of nitrogens with zero attached hydrogens (tertiary/aromatic N) is 1. The molecule has 2 unspecified atom stereocenters. The second-order valence-corrected chi connectivity index (χ2v) is 6.83. The number of ether oxygens (including phenoxy) is 1. The summed E-state index contributed by atoms with van der Waals surface area (Å²) in [6.07, 6.45) is 1.86. The molecule has 6 nitrogen and oxygen atoms in total. The van der Waals surface area contributed by atoms with E-state index >= 15 is 0 Å². The number of carbonyl (C=O) groups excluding carboxylic acids is 1. The van der Waals surface area contributed by atoms with Gasteiger partial charge < -0.3 is 9.64 Å². The topological polar surface area (TPSA) is 75.7 Å². The van der Waals surface area contributed by atoms with Crippen molar-refractivity contribution in [3.05, 3.63) is 0 Å². The molecule has 1 aliphatic carbocycles. The Morgan fingerprint density at radius 3 is 2.61 bits per heavy atom. The van der Waals surface area contributed by atoms with Crippen LogP contribution in [0.25, 0.3) is 0 Å². The minimum absolute atomic E-state index is 0.361. The number of sulfonamides is 1. The fourth-order valence-corrected chi connectivity index (χ4v) is 3.98. The average Bonchev–Trinajstić information content (AvgIpc) is 2.76. The predicted molar refractivity (Wildman–Crippen MR) is 68.6 cm³/mol. The molecule has 18 heavy (non-hydrogen) atoms. The van der Waals surface area contributed by atoms with E-state index in [9.17, 15) is 13.2 Å². The molecule has 2 atom stereocenters. The van der Waals surface area contributed by atoms with E-state index < -0.39 is 27.2 Å². The summed E-state index contributed by atoms with van der Waals surface area (Å²) in [7, 11) is 1.61.